The summed E-state index contributed by atoms with van der Waals surface area (Å²) in [5.74, 6) is 2.88. The van der Waals surface area contributed by atoms with Crippen molar-refractivity contribution >= 4 is 5.91 Å². The van der Waals surface area contributed by atoms with Crippen LogP contribution in [0.15, 0.2) is 0 Å². The molecular weight excluding hydrogens is 248 g/mol. The Kier molecular flexibility index (Phi) is 4.34. The molecule has 3 aliphatic carbocycles. The third kappa shape index (κ3) is 3.03. The van der Waals surface area contributed by atoms with Crippen LogP contribution in [0.2, 0.25) is 0 Å². The highest BCUT2D eigenvalue weighted by molar-refractivity contribution is 5.76. The highest BCUT2D eigenvalue weighted by Gasteiger charge is 2.39. The zero-order valence-corrected chi connectivity index (χ0v) is 12.7. The van der Waals surface area contributed by atoms with E-state index in [-0.39, 0.29) is 11.3 Å². The topological polar surface area (TPSA) is 55.1 Å². The van der Waals surface area contributed by atoms with Gasteiger partial charge in [0.1, 0.15) is 0 Å². The summed E-state index contributed by atoms with van der Waals surface area (Å²) in [7, 11) is 0. The predicted octanol–water partition coefficient (Wildman–Crippen LogP) is 2.84. The van der Waals surface area contributed by atoms with Gasteiger partial charge >= 0.3 is 0 Å². The molecule has 3 atom stereocenters. The van der Waals surface area contributed by atoms with E-state index in [9.17, 15) is 4.79 Å². The number of nitrogens with two attached hydrogens (primary N) is 1. The zero-order valence-electron chi connectivity index (χ0n) is 12.7. The summed E-state index contributed by atoms with van der Waals surface area (Å²) in [5, 5.41) is 3.22. The maximum atomic E-state index is 12.3. The average molecular weight is 278 g/mol. The van der Waals surface area contributed by atoms with Crippen molar-refractivity contribution in [1.29, 1.82) is 0 Å². The Labute approximate surface area is 123 Å². The Hall–Kier alpha value is -0.570. The quantitative estimate of drug-likeness (QED) is 0.812. The van der Waals surface area contributed by atoms with Crippen LogP contribution in [0.25, 0.3) is 0 Å². The Balaban J connectivity index is 1.44. The van der Waals surface area contributed by atoms with E-state index in [0.717, 1.165) is 37.1 Å². The van der Waals surface area contributed by atoms with E-state index in [2.05, 4.69) is 5.32 Å². The Morgan fingerprint density at radius 2 is 1.95 bits per heavy atom. The van der Waals surface area contributed by atoms with Crippen molar-refractivity contribution in [3.63, 3.8) is 0 Å². The van der Waals surface area contributed by atoms with Gasteiger partial charge in [0.2, 0.25) is 5.91 Å². The maximum Gasteiger partial charge on any atom is 0.220 e. The molecule has 3 fully saturated rings. The first-order valence-corrected chi connectivity index (χ1v) is 8.67. The number of hydrogen-bond acceptors (Lipinski definition) is 2. The first-order chi connectivity index (χ1) is 9.71. The largest absolute Gasteiger partial charge is 0.356 e. The number of carbonyl (C=O) groups is 1. The molecule has 3 N–H and O–H groups in total. The van der Waals surface area contributed by atoms with E-state index in [0.29, 0.717) is 13.0 Å². The monoisotopic (exact) mass is 278 g/mol. The van der Waals surface area contributed by atoms with Crippen molar-refractivity contribution in [2.24, 2.45) is 28.9 Å². The van der Waals surface area contributed by atoms with Crippen molar-refractivity contribution < 1.29 is 4.79 Å². The van der Waals surface area contributed by atoms with Crippen molar-refractivity contribution in [1.82, 2.24) is 5.32 Å². The molecule has 0 spiro atoms. The summed E-state index contributed by atoms with van der Waals surface area (Å²) in [6.07, 6.45) is 12.4. The van der Waals surface area contributed by atoms with E-state index in [4.69, 9.17) is 5.73 Å². The maximum absolute atomic E-state index is 12.3. The normalized spacial score (nSPS) is 35.1. The van der Waals surface area contributed by atoms with Gasteiger partial charge in [-0.1, -0.05) is 25.7 Å². The minimum atomic E-state index is 0.108. The van der Waals surface area contributed by atoms with Crippen LogP contribution < -0.4 is 11.1 Å². The van der Waals surface area contributed by atoms with Crippen LogP contribution in [0.1, 0.15) is 64.2 Å². The fourth-order valence-corrected chi connectivity index (χ4v) is 5.03. The van der Waals surface area contributed by atoms with E-state index >= 15 is 0 Å². The standard InChI is InChI=1S/C17H30N2O/c18-12-17(6-2-1-3-7-17)10-16(20)19-11-15-9-13-4-5-14(15)8-13/h13-15H,1-12,18H2,(H,19,20). The highest BCUT2D eigenvalue weighted by atomic mass is 16.1. The van der Waals surface area contributed by atoms with Crippen LogP contribution in [0.5, 0.6) is 0 Å². The molecule has 0 aromatic heterocycles. The molecule has 3 saturated carbocycles. The highest BCUT2D eigenvalue weighted by Crippen LogP contribution is 2.48. The van der Waals surface area contributed by atoms with E-state index < -0.39 is 0 Å². The second-order valence-electron chi connectivity index (χ2n) is 7.68. The Morgan fingerprint density at radius 3 is 2.55 bits per heavy atom. The van der Waals surface area contributed by atoms with Gasteiger partial charge in [0.05, 0.1) is 0 Å². The van der Waals surface area contributed by atoms with Gasteiger partial charge in [0, 0.05) is 13.0 Å². The van der Waals surface area contributed by atoms with Gasteiger partial charge in [-0.15, -0.1) is 0 Å². The SMILES string of the molecule is NCC1(CC(=O)NCC2CC3CCC2C3)CCCCC1. The van der Waals surface area contributed by atoms with Gasteiger partial charge in [0.25, 0.3) is 0 Å². The molecule has 0 aliphatic heterocycles. The molecule has 3 unspecified atom stereocenters. The van der Waals surface area contributed by atoms with Crippen molar-refractivity contribution in [2.75, 3.05) is 13.1 Å². The van der Waals surface area contributed by atoms with Crippen LogP contribution in [-0.4, -0.2) is 19.0 Å². The number of hydrogen-bond donors (Lipinski definition) is 2. The summed E-state index contributed by atoms with van der Waals surface area (Å²) >= 11 is 0. The molecule has 3 rings (SSSR count). The number of carbonyl (C=O) groups excluding carboxylic acids is 1. The molecule has 2 bridgehead atoms. The van der Waals surface area contributed by atoms with Gasteiger partial charge in [0.15, 0.2) is 0 Å². The molecule has 1 amide bonds. The fourth-order valence-electron chi connectivity index (χ4n) is 5.03. The number of nitrogens with one attached hydrogen (secondary N) is 1. The van der Waals surface area contributed by atoms with Crippen LogP contribution in [0.3, 0.4) is 0 Å². The summed E-state index contributed by atoms with van der Waals surface area (Å²) in [5.41, 5.74) is 6.08. The van der Waals surface area contributed by atoms with Crippen LogP contribution in [0, 0.1) is 23.2 Å². The molecule has 20 heavy (non-hydrogen) atoms. The molecule has 0 saturated heterocycles. The summed E-state index contributed by atoms with van der Waals surface area (Å²) in [6, 6.07) is 0. The third-order valence-electron chi connectivity index (χ3n) is 6.33. The minimum absolute atomic E-state index is 0.108. The first-order valence-electron chi connectivity index (χ1n) is 8.67. The molecule has 3 heteroatoms. The zero-order chi connectivity index (χ0) is 14.0. The molecule has 3 aliphatic rings. The second-order valence-corrected chi connectivity index (χ2v) is 7.68. The lowest BCUT2D eigenvalue weighted by Gasteiger charge is -2.35. The van der Waals surface area contributed by atoms with Crippen molar-refractivity contribution in [3.8, 4) is 0 Å². The molecule has 0 aromatic carbocycles. The molecule has 0 radical (unpaired) electrons. The molecular formula is C17H30N2O. The average Bonchev–Trinajstić information content (AvgIpc) is 3.08. The van der Waals surface area contributed by atoms with E-state index in [1.807, 2.05) is 0 Å². The van der Waals surface area contributed by atoms with Crippen LogP contribution >= 0.6 is 0 Å². The minimum Gasteiger partial charge on any atom is -0.356 e. The van der Waals surface area contributed by atoms with E-state index in [1.54, 1.807) is 0 Å². The van der Waals surface area contributed by atoms with Crippen LogP contribution in [0.4, 0.5) is 0 Å². The smallest absolute Gasteiger partial charge is 0.220 e. The number of fused-ring (bicyclic) bond motifs is 2. The van der Waals surface area contributed by atoms with Gasteiger partial charge in [-0.25, -0.2) is 0 Å². The third-order valence-corrected chi connectivity index (χ3v) is 6.33. The van der Waals surface area contributed by atoms with Gasteiger partial charge in [-0.2, -0.15) is 0 Å². The summed E-state index contributed by atoms with van der Waals surface area (Å²) in [6.45, 7) is 1.59. The van der Waals surface area contributed by atoms with E-state index in [1.165, 1.54) is 44.9 Å². The Morgan fingerprint density at radius 1 is 1.15 bits per heavy atom. The number of amides is 1. The Bertz CT molecular complexity index is 349. The molecule has 114 valence electrons. The second kappa shape index (κ2) is 6.05. The van der Waals surface area contributed by atoms with Crippen molar-refractivity contribution in [3.05, 3.63) is 0 Å². The molecule has 3 nitrogen and oxygen atoms in total. The first kappa shape index (κ1) is 14.4. The molecule has 0 aromatic rings. The van der Waals surface area contributed by atoms with Gasteiger partial charge in [-0.3, -0.25) is 4.79 Å². The molecule has 0 heterocycles. The van der Waals surface area contributed by atoms with Gasteiger partial charge < -0.3 is 11.1 Å². The van der Waals surface area contributed by atoms with Crippen LogP contribution in [-0.2, 0) is 4.79 Å². The number of rotatable bonds is 5. The summed E-state index contributed by atoms with van der Waals surface area (Å²) < 4.78 is 0. The van der Waals surface area contributed by atoms with Crippen molar-refractivity contribution in [2.45, 2.75) is 64.2 Å². The fraction of sp³-hybridized carbons (Fsp3) is 0.941. The lowest BCUT2D eigenvalue weighted by Crippen LogP contribution is -2.40. The van der Waals surface area contributed by atoms with Gasteiger partial charge in [-0.05, 0) is 61.8 Å². The predicted molar refractivity (Wildman–Crippen MR) is 81.1 cm³/mol. The summed E-state index contributed by atoms with van der Waals surface area (Å²) in [4.78, 5) is 12.3. The lowest BCUT2D eigenvalue weighted by atomic mass is 9.71. The lowest BCUT2D eigenvalue weighted by molar-refractivity contribution is -0.124.